The van der Waals surface area contributed by atoms with E-state index in [1.165, 1.54) is 12.8 Å². The van der Waals surface area contributed by atoms with Gasteiger partial charge in [-0.3, -0.25) is 0 Å². The molecule has 0 amide bonds. The van der Waals surface area contributed by atoms with Crippen LogP contribution in [0.25, 0.3) is 0 Å². The molecule has 1 aliphatic carbocycles. The standard InChI is InChI=1S/C5H7NO.C2HF3O2/c1-2-5(1)3-4-6-7-5;3-2(4,5)1(6)7/h4H,1-3H2;(H,6,7). The second-order valence-electron chi connectivity index (χ2n) is 3.07. The predicted molar refractivity (Wildman–Crippen MR) is 39.8 cm³/mol. The van der Waals surface area contributed by atoms with E-state index in [2.05, 4.69) is 5.16 Å². The highest BCUT2D eigenvalue weighted by Crippen LogP contribution is 2.44. The van der Waals surface area contributed by atoms with Gasteiger partial charge in [-0.05, 0) is 12.8 Å². The van der Waals surface area contributed by atoms with Crippen molar-refractivity contribution in [2.75, 3.05) is 0 Å². The molecule has 0 bridgehead atoms. The first-order chi connectivity index (χ1) is 6.36. The number of rotatable bonds is 0. The summed E-state index contributed by atoms with van der Waals surface area (Å²) >= 11 is 0. The van der Waals surface area contributed by atoms with E-state index in [0.29, 0.717) is 0 Å². The second-order valence-corrected chi connectivity index (χ2v) is 3.07. The monoisotopic (exact) mass is 211 g/mol. The van der Waals surface area contributed by atoms with E-state index in [1.54, 1.807) is 0 Å². The number of nitrogens with zero attached hydrogens (tertiary/aromatic N) is 1. The van der Waals surface area contributed by atoms with Gasteiger partial charge in [-0.25, -0.2) is 4.79 Å². The van der Waals surface area contributed by atoms with Crippen LogP contribution in [-0.2, 0) is 9.63 Å². The summed E-state index contributed by atoms with van der Waals surface area (Å²) in [6, 6.07) is 0. The molecule has 1 saturated carbocycles. The summed E-state index contributed by atoms with van der Waals surface area (Å²) in [5.41, 5.74) is 0.222. The Balaban J connectivity index is 0.000000140. The van der Waals surface area contributed by atoms with Gasteiger partial charge in [0.2, 0.25) is 0 Å². The zero-order valence-electron chi connectivity index (χ0n) is 7.04. The van der Waals surface area contributed by atoms with Crippen LogP contribution in [0.2, 0.25) is 0 Å². The van der Waals surface area contributed by atoms with Gasteiger partial charge in [0.05, 0.1) is 0 Å². The van der Waals surface area contributed by atoms with Crippen molar-refractivity contribution in [3.63, 3.8) is 0 Å². The van der Waals surface area contributed by atoms with Crippen LogP contribution in [0.15, 0.2) is 5.16 Å². The molecule has 1 aliphatic heterocycles. The van der Waals surface area contributed by atoms with Gasteiger partial charge < -0.3 is 9.94 Å². The SMILES string of the molecule is C1=NOC2(C1)CC2.O=C(O)C(F)(F)F. The molecular weight excluding hydrogens is 203 g/mol. The maximum absolute atomic E-state index is 10.6. The van der Waals surface area contributed by atoms with Crippen molar-refractivity contribution < 1.29 is 27.9 Å². The van der Waals surface area contributed by atoms with E-state index in [4.69, 9.17) is 14.7 Å². The summed E-state index contributed by atoms with van der Waals surface area (Å²) in [4.78, 5) is 13.9. The topological polar surface area (TPSA) is 58.9 Å². The maximum atomic E-state index is 10.6. The molecule has 0 aromatic heterocycles. The van der Waals surface area contributed by atoms with Crippen LogP contribution in [0.3, 0.4) is 0 Å². The molecule has 2 aliphatic rings. The van der Waals surface area contributed by atoms with E-state index >= 15 is 0 Å². The molecule has 2 rings (SSSR count). The maximum Gasteiger partial charge on any atom is 0.490 e. The fraction of sp³-hybridized carbons (Fsp3) is 0.714. The van der Waals surface area contributed by atoms with Gasteiger partial charge in [-0.2, -0.15) is 13.2 Å². The number of carboxylic acid groups (broad SMARTS) is 1. The lowest BCUT2D eigenvalue weighted by Crippen LogP contribution is -2.21. The Morgan fingerprint density at radius 2 is 2.00 bits per heavy atom. The van der Waals surface area contributed by atoms with E-state index in [9.17, 15) is 13.2 Å². The van der Waals surface area contributed by atoms with Crippen molar-refractivity contribution in [2.24, 2.45) is 5.16 Å². The van der Waals surface area contributed by atoms with Crippen molar-refractivity contribution in [1.82, 2.24) is 0 Å². The summed E-state index contributed by atoms with van der Waals surface area (Å²) in [5, 5.41) is 10.8. The third-order valence-electron chi connectivity index (χ3n) is 1.83. The molecule has 1 spiro atoms. The molecule has 14 heavy (non-hydrogen) atoms. The molecule has 0 aromatic carbocycles. The highest BCUT2D eigenvalue weighted by Gasteiger charge is 2.47. The van der Waals surface area contributed by atoms with Crippen molar-refractivity contribution >= 4 is 12.2 Å². The quantitative estimate of drug-likeness (QED) is 0.661. The molecule has 1 N–H and O–H groups in total. The molecule has 0 aromatic rings. The summed E-state index contributed by atoms with van der Waals surface area (Å²) in [6.07, 6.45) is 0.250. The first-order valence-electron chi connectivity index (χ1n) is 3.86. The number of aliphatic carboxylic acids is 1. The van der Waals surface area contributed by atoms with Crippen LogP contribution in [0.1, 0.15) is 19.3 Å². The molecule has 0 saturated heterocycles. The van der Waals surface area contributed by atoms with E-state index in [0.717, 1.165) is 6.42 Å². The lowest BCUT2D eigenvalue weighted by molar-refractivity contribution is -0.192. The molecule has 0 unspecified atom stereocenters. The van der Waals surface area contributed by atoms with Gasteiger partial charge >= 0.3 is 12.1 Å². The second kappa shape index (κ2) is 3.47. The van der Waals surface area contributed by atoms with Gasteiger partial charge in [0.1, 0.15) is 5.60 Å². The summed E-state index contributed by atoms with van der Waals surface area (Å²) in [6.45, 7) is 0. The predicted octanol–water partition coefficient (Wildman–Crippen LogP) is 1.56. The smallest absolute Gasteiger partial charge is 0.475 e. The molecule has 7 heteroatoms. The number of hydrogen-bond acceptors (Lipinski definition) is 3. The fourth-order valence-corrected chi connectivity index (χ4v) is 0.825. The van der Waals surface area contributed by atoms with Crippen LogP contribution >= 0.6 is 0 Å². The number of oxime groups is 1. The van der Waals surface area contributed by atoms with E-state index in [-0.39, 0.29) is 5.60 Å². The highest BCUT2D eigenvalue weighted by molar-refractivity contribution is 5.73. The Morgan fingerprint density at radius 3 is 2.14 bits per heavy atom. The van der Waals surface area contributed by atoms with Crippen LogP contribution < -0.4 is 0 Å². The van der Waals surface area contributed by atoms with Gasteiger partial charge in [0.25, 0.3) is 0 Å². The minimum Gasteiger partial charge on any atom is -0.475 e. The average molecular weight is 211 g/mol. The molecule has 4 nitrogen and oxygen atoms in total. The summed E-state index contributed by atoms with van der Waals surface area (Å²) in [7, 11) is 0. The lowest BCUT2D eigenvalue weighted by Gasteiger charge is -1.98. The van der Waals surface area contributed by atoms with Crippen LogP contribution in [0.4, 0.5) is 13.2 Å². The summed E-state index contributed by atoms with van der Waals surface area (Å²) < 4.78 is 31.7. The minimum absolute atomic E-state index is 0.222. The molecular formula is C7H8F3NO3. The van der Waals surface area contributed by atoms with Crippen molar-refractivity contribution in [3.8, 4) is 0 Å². The molecule has 0 atom stereocenters. The first-order valence-corrected chi connectivity index (χ1v) is 3.86. The van der Waals surface area contributed by atoms with Gasteiger partial charge in [-0.15, -0.1) is 0 Å². The minimum atomic E-state index is -5.08. The summed E-state index contributed by atoms with van der Waals surface area (Å²) in [5.74, 6) is -2.76. The zero-order valence-corrected chi connectivity index (χ0v) is 7.04. The highest BCUT2D eigenvalue weighted by atomic mass is 19.4. The number of alkyl halides is 3. The van der Waals surface area contributed by atoms with Gasteiger partial charge in [-0.1, -0.05) is 5.16 Å². The number of halogens is 3. The fourth-order valence-electron chi connectivity index (χ4n) is 0.825. The molecule has 80 valence electrons. The third kappa shape index (κ3) is 2.90. The Morgan fingerprint density at radius 1 is 1.50 bits per heavy atom. The first kappa shape index (κ1) is 10.8. The van der Waals surface area contributed by atoms with Crippen LogP contribution in [-0.4, -0.2) is 29.1 Å². The Labute approximate surface area is 77.3 Å². The van der Waals surface area contributed by atoms with Crippen LogP contribution in [0.5, 0.6) is 0 Å². The molecule has 0 radical (unpaired) electrons. The van der Waals surface area contributed by atoms with E-state index < -0.39 is 12.1 Å². The van der Waals surface area contributed by atoms with Crippen LogP contribution in [0, 0.1) is 0 Å². The normalized spacial score (nSPS) is 21.1. The lowest BCUT2D eigenvalue weighted by atomic mass is 10.3. The van der Waals surface area contributed by atoms with Gasteiger partial charge in [0.15, 0.2) is 0 Å². The van der Waals surface area contributed by atoms with Crippen molar-refractivity contribution in [2.45, 2.75) is 31.0 Å². The van der Waals surface area contributed by atoms with E-state index in [1.807, 2.05) is 6.21 Å². The molecule has 1 fully saturated rings. The van der Waals surface area contributed by atoms with Gasteiger partial charge in [0, 0.05) is 12.6 Å². The third-order valence-corrected chi connectivity index (χ3v) is 1.83. The number of carbonyl (C=O) groups is 1. The Hall–Kier alpha value is -1.27. The average Bonchev–Trinajstić information content (AvgIpc) is 2.58. The molecule has 1 heterocycles. The zero-order chi connectivity index (χ0) is 10.8. The Bertz CT molecular complexity index is 247. The Kier molecular flexibility index (Phi) is 2.68. The number of carboxylic acids is 1. The largest absolute Gasteiger partial charge is 0.490 e. The number of hydrogen-bond donors (Lipinski definition) is 1. The van der Waals surface area contributed by atoms with Crippen molar-refractivity contribution in [1.29, 1.82) is 0 Å². The van der Waals surface area contributed by atoms with Crippen molar-refractivity contribution in [3.05, 3.63) is 0 Å².